The van der Waals surface area contributed by atoms with E-state index in [1.807, 2.05) is 0 Å². The van der Waals surface area contributed by atoms with Crippen molar-refractivity contribution in [3.8, 4) is 0 Å². The van der Waals surface area contributed by atoms with Crippen LogP contribution in [0.5, 0.6) is 0 Å². The normalized spacial score (nSPS) is 11.7. The molecule has 0 aliphatic rings. The summed E-state index contributed by atoms with van der Waals surface area (Å²) in [5.41, 5.74) is 1.18. The Labute approximate surface area is 184 Å². The molecule has 0 fully saturated rings. The van der Waals surface area contributed by atoms with E-state index in [9.17, 15) is 21.6 Å². The first-order valence-corrected chi connectivity index (χ1v) is 13.0. The summed E-state index contributed by atoms with van der Waals surface area (Å²) >= 11 is 1.16. The molecular formula is C19H20N4O5S3. The Hall–Kier alpha value is -2.96. The molecule has 0 aliphatic carbocycles. The average molecular weight is 481 g/mol. The Kier molecular flexibility index (Phi) is 6.62. The fourth-order valence-corrected chi connectivity index (χ4v) is 5.16. The lowest BCUT2D eigenvalue weighted by molar-refractivity contribution is 0.102. The van der Waals surface area contributed by atoms with Crippen molar-refractivity contribution in [2.45, 2.75) is 11.8 Å². The lowest BCUT2D eigenvalue weighted by Crippen LogP contribution is -2.28. The van der Waals surface area contributed by atoms with Crippen molar-refractivity contribution < 1.29 is 21.6 Å². The van der Waals surface area contributed by atoms with Gasteiger partial charge in [0.05, 0.1) is 16.3 Å². The summed E-state index contributed by atoms with van der Waals surface area (Å²) in [6.45, 7) is 1.55. The number of nitrogens with one attached hydrogen (secondary N) is 2. The highest BCUT2D eigenvalue weighted by Crippen LogP contribution is 2.21. The number of aromatic nitrogens is 1. The maximum atomic E-state index is 12.5. The first-order valence-electron chi connectivity index (χ1n) is 9.03. The van der Waals surface area contributed by atoms with Crippen LogP contribution in [0, 0.1) is 0 Å². The summed E-state index contributed by atoms with van der Waals surface area (Å²) in [6, 6.07) is 11.8. The molecule has 0 atom stereocenters. The summed E-state index contributed by atoms with van der Waals surface area (Å²) in [5, 5.41) is 4.59. The summed E-state index contributed by atoms with van der Waals surface area (Å²) in [7, 11) is -5.72. The highest BCUT2D eigenvalue weighted by atomic mass is 32.2. The van der Waals surface area contributed by atoms with Crippen molar-refractivity contribution >= 4 is 53.8 Å². The molecule has 0 bridgehead atoms. The minimum Gasteiger partial charge on any atom is -0.322 e. The molecule has 3 rings (SSSR count). The number of benzene rings is 2. The summed E-state index contributed by atoms with van der Waals surface area (Å²) in [6.07, 6.45) is 1.49. The third kappa shape index (κ3) is 5.40. The van der Waals surface area contributed by atoms with Gasteiger partial charge in [-0.1, -0.05) is 0 Å². The number of sulfonamides is 2. The Balaban J connectivity index is 1.68. The van der Waals surface area contributed by atoms with Gasteiger partial charge in [-0.2, -0.15) is 0 Å². The molecule has 164 valence electrons. The Bertz CT molecular complexity index is 1260. The molecule has 0 saturated carbocycles. The molecule has 2 aromatic carbocycles. The van der Waals surface area contributed by atoms with Gasteiger partial charge in [0.2, 0.25) is 10.0 Å². The second kappa shape index (κ2) is 9.04. The topological polar surface area (TPSA) is 126 Å². The van der Waals surface area contributed by atoms with Gasteiger partial charge in [0, 0.05) is 29.9 Å². The predicted molar refractivity (Wildman–Crippen MR) is 122 cm³/mol. The monoisotopic (exact) mass is 480 g/mol. The first-order chi connectivity index (χ1) is 14.6. The maximum absolute atomic E-state index is 12.5. The highest BCUT2D eigenvalue weighted by molar-refractivity contribution is 7.93. The standard InChI is InChI=1S/C19H20N4O5S3/c1-3-30(25,26)23(2)16-8-4-14(5-9-16)18(24)21-15-6-10-17(11-7-15)31(27,28)22-19-20-12-13-29-19/h4-13H,3H2,1-2H3,(H,20,22)(H,21,24). The largest absolute Gasteiger partial charge is 0.322 e. The van der Waals surface area contributed by atoms with Crippen LogP contribution in [0.25, 0.3) is 0 Å². The van der Waals surface area contributed by atoms with Crippen molar-refractivity contribution in [2.75, 3.05) is 27.1 Å². The minimum absolute atomic E-state index is 0.0309. The minimum atomic E-state index is -3.78. The van der Waals surface area contributed by atoms with Crippen LogP contribution in [0.2, 0.25) is 0 Å². The van der Waals surface area contributed by atoms with Crippen LogP contribution in [-0.2, 0) is 20.0 Å². The highest BCUT2D eigenvalue weighted by Gasteiger charge is 2.17. The third-order valence-electron chi connectivity index (χ3n) is 4.35. The molecule has 1 aromatic heterocycles. The van der Waals surface area contributed by atoms with Gasteiger partial charge in [-0.25, -0.2) is 21.8 Å². The van der Waals surface area contributed by atoms with Gasteiger partial charge in [-0.05, 0) is 55.5 Å². The number of thiazole rings is 1. The number of carbonyl (C=O) groups excluding carboxylic acids is 1. The maximum Gasteiger partial charge on any atom is 0.263 e. The quantitative estimate of drug-likeness (QED) is 0.511. The van der Waals surface area contributed by atoms with E-state index in [-0.39, 0.29) is 15.8 Å². The number of anilines is 3. The van der Waals surface area contributed by atoms with E-state index in [1.165, 1.54) is 49.6 Å². The van der Waals surface area contributed by atoms with Crippen molar-refractivity contribution in [3.63, 3.8) is 0 Å². The van der Waals surface area contributed by atoms with E-state index in [1.54, 1.807) is 24.4 Å². The molecule has 1 amide bonds. The van der Waals surface area contributed by atoms with Crippen molar-refractivity contribution in [3.05, 3.63) is 65.7 Å². The van der Waals surface area contributed by atoms with Crippen LogP contribution in [0.15, 0.2) is 65.0 Å². The van der Waals surface area contributed by atoms with E-state index >= 15 is 0 Å². The zero-order chi connectivity index (χ0) is 22.6. The van der Waals surface area contributed by atoms with Gasteiger partial charge < -0.3 is 5.32 Å². The van der Waals surface area contributed by atoms with Gasteiger partial charge >= 0.3 is 0 Å². The van der Waals surface area contributed by atoms with Crippen LogP contribution in [-0.4, -0.2) is 40.5 Å². The second-order valence-corrected chi connectivity index (χ2v) is 11.2. The van der Waals surface area contributed by atoms with Crippen molar-refractivity contribution in [1.29, 1.82) is 0 Å². The fraction of sp³-hybridized carbons (Fsp3) is 0.158. The zero-order valence-electron chi connectivity index (χ0n) is 16.6. The molecular weight excluding hydrogens is 460 g/mol. The molecule has 31 heavy (non-hydrogen) atoms. The lowest BCUT2D eigenvalue weighted by Gasteiger charge is -2.18. The van der Waals surface area contributed by atoms with Crippen LogP contribution in [0.3, 0.4) is 0 Å². The van der Waals surface area contributed by atoms with E-state index in [4.69, 9.17) is 0 Å². The van der Waals surface area contributed by atoms with Gasteiger partial charge in [0.15, 0.2) is 5.13 Å². The molecule has 12 heteroatoms. The second-order valence-electron chi connectivity index (χ2n) is 6.34. The summed E-state index contributed by atoms with van der Waals surface area (Å²) in [5.74, 6) is -0.444. The lowest BCUT2D eigenvalue weighted by atomic mass is 10.2. The molecule has 9 nitrogen and oxygen atoms in total. The predicted octanol–water partition coefficient (Wildman–Crippen LogP) is 2.98. The van der Waals surface area contributed by atoms with E-state index in [0.717, 1.165) is 15.6 Å². The van der Waals surface area contributed by atoms with Crippen LogP contribution in [0.1, 0.15) is 17.3 Å². The van der Waals surface area contributed by atoms with Gasteiger partial charge in [-0.3, -0.25) is 13.8 Å². The molecule has 3 aromatic rings. The Morgan fingerprint density at radius 2 is 1.68 bits per heavy atom. The van der Waals surface area contributed by atoms with Crippen molar-refractivity contribution in [2.24, 2.45) is 0 Å². The molecule has 0 saturated heterocycles. The van der Waals surface area contributed by atoms with Gasteiger partial charge in [0.25, 0.3) is 15.9 Å². The van der Waals surface area contributed by atoms with Crippen molar-refractivity contribution in [1.82, 2.24) is 4.98 Å². The number of rotatable bonds is 8. The number of hydrogen-bond donors (Lipinski definition) is 2. The van der Waals surface area contributed by atoms with E-state index in [0.29, 0.717) is 16.9 Å². The van der Waals surface area contributed by atoms with E-state index in [2.05, 4.69) is 15.0 Å². The SMILES string of the molecule is CCS(=O)(=O)N(C)c1ccc(C(=O)Nc2ccc(S(=O)(=O)Nc3nccs3)cc2)cc1. The summed E-state index contributed by atoms with van der Waals surface area (Å²) < 4.78 is 52.1. The van der Waals surface area contributed by atoms with Crippen LogP contribution < -0.4 is 14.3 Å². The molecule has 0 radical (unpaired) electrons. The Morgan fingerprint density at radius 1 is 1.03 bits per heavy atom. The number of amides is 1. The average Bonchev–Trinajstić information content (AvgIpc) is 3.26. The number of carbonyl (C=O) groups is 1. The number of hydrogen-bond acceptors (Lipinski definition) is 7. The van der Waals surface area contributed by atoms with Gasteiger partial charge in [-0.15, -0.1) is 11.3 Å². The first kappa shape index (κ1) is 22.7. The molecule has 0 unspecified atom stereocenters. The smallest absolute Gasteiger partial charge is 0.263 e. The van der Waals surface area contributed by atoms with E-state index < -0.39 is 26.0 Å². The molecule has 2 N–H and O–H groups in total. The Morgan fingerprint density at radius 3 is 2.23 bits per heavy atom. The van der Waals surface area contributed by atoms with Crippen LogP contribution in [0.4, 0.5) is 16.5 Å². The van der Waals surface area contributed by atoms with Crippen LogP contribution >= 0.6 is 11.3 Å². The van der Waals surface area contributed by atoms with Gasteiger partial charge in [0.1, 0.15) is 0 Å². The molecule has 0 aliphatic heterocycles. The third-order valence-corrected chi connectivity index (χ3v) is 8.30. The fourth-order valence-electron chi connectivity index (χ4n) is 2.55. The summed E-state index contributed by atoms with van der Waals surface area (Å²) in [4.78, 5) is 16.4. The molecule has 0 spiro atoms. The zero-order valence-corrected chi connectivity index (χ0v) is 19.1. The molecule has 1 heterocycles. The number of nitrogens with zero attached hydrogens (tertiary/aromatic N) is 2.